The standard InChI is InChI=1S/C21H23N3O3S2/c1-15(20-22-18-10-3-4-11-19(18)28-20)23(2)21(25)16-8-7-9-17(14-16)29(26,27)24-12-5-6-13-24/h3-4,7-11,14-15H,5-6,12-13H2,1-2H3/t15-/m1/s1. The van der Waals surface area contributed by atoms with E-state index in [-0.39, 0.29) is 16.8 Å². The Bertz CT molecular complexity index is 1120. The van der Waals surface area contributed by atoms with Crippen LogP contribution in [-0.2, 0) is 10.0 Å². The van der Waals surface area contributed by atoms with Crippen molar-refractivity contribution in [1.29, 1.82) is 0 Å². The lowest BCUT2D eigenvalue weighted by Gasteiger charge is -2.24. The van der Waals surface area contributed by atoms with Gasteiger partial charge in [-0.3, -0.25) is 4.79 Å². The van der Waals surface area contributed by atoms with Crippen LogP contribution in [0, 0.1) is 0 Å². The van der Waals surface area contributed by atoms with Crippen molar-refractivity contribution in [1.82, 2.24) is 14.2 Å². The molecule has 0 N–H and O–H groups in total. The lowest BCUT2D eigenvalue weighted by molar-refractivity contribution is 0.0742. The Balaban J connectivity index is 1.58. The number of para-hydroxylation sites is 1. The van der Waals surface area contributed by atoms with E-state index in [1.165, 1.54) is 10.4 Å². The Labute approximate surface area is 174 Å². The summed E-state index contributed by atoms with van der Waals surface area (Å²) in [5.41, 5.74) is 1.28. The molecule has 1 fully saturated rings. The van der Waals surface area contributed by atoms with Gasteiger partial charge in [0.25, 0.3) is 5.91 Å². The molecular weight excluding hydrogens is 406 g/mol. The number of hydrogen-bond acceptors (Lipinski definition) is 5. The molecule has 0 radical (unpaired) electrons. The molecule has 2 heterocycles. The first-order valence-corrected chi connectivity index (χ1v) is 11.9. The lowest BCUT2D eigenvalue weighted by Crippen LogP contribution is -2.30. The molecule has 29 heavy (non-hydrogen) atoms. The van der Waals surface area contributed by atoms with Crippen LogP contribution in [-0.4, -0.2) is 48.7 Å². The van der Waals surface area contributed by atoms with Gasteiger partial charge >= 0.3 is 0 Å². The van der Waals surface area contributed by atoms with E-state index in [0.717, 1.165) is 28.1 Å². The van der Waals surface area contributed by atoms with Crippen LogP contribution >= 0.6 is 11.3 Å². The van der Waals surface area contributed by atoms with Gasteiger partial charge in [0.2, 0.25) is 10.0 Å². The smallest absolute Gasteiger partial charge is 0.254 e. The number of thiazole rings is 1. The molecule has 1 aliphatic rings. The molecule has 1 saturated heterocycles. The van der Waals surface area contributed by atoms with Crippen molar-refractivity contribution in [2.24, 2.45) is 0 Å². The van der Waals surface area contributed by atoms with Crippen LogP contribution in [0.2, 0.25) is 0 Å². The van der Waals surface area contributed by atoms with Crippen LogP contribution in [0.4, 0.5) is 0 Å². The van der Waals surface area contributed by atoms with E-state index in [1.54, 1.807) is 41.5 Å². The van der Waals surface area contributed by atoms with E-state index in [1.807, 2.05) is 31.2 Å². The lowest BCUT2D eigenvalue weighted by atomic mass is 10.2. The van der Waals surface area contributed by atoms with Gasteiger partial charge in [-0.25, -0.2) is 13.4 Å². The number of amides is 1. The van der Waals surface area contributed by atoms with Gasteiger partial charge in [0.15, 0.2) is 0 Å². The maximum Gasteiger partial charge on any atom is 0.254 e. The van der Waals surface area contributed by atoms with E-state index in [0.29, 0.717) is 18.7 Å². The summed E-state index contributed by atoms with van der Waals surface area (Å²) >= 11 is 1.56. The minimum Gasteiger partial charge on any atom is -0.333 e. The molecule has 0 aliphatic carbocycles. The largest absolute Gasteiger partial charge is 0.333 e. The molecule has 1 aromatic heterocycles. The van der Waals surface area contributed by atoms with Gasteiger partial charge in [0, 0.05) is 25.7 Å². The second kappa shape index (κ2) is 7.85. The third kappa shape index (κ3) is 3.80. The van der Waals surface area contributed by atoms with Crippen molar-refractivity contribution in [2.45, 2.75) is 30.7 Å². The summed E-state index contributed by atoms with van der Waals surface area (Å²) in [6, 6.07) is 14.0. The molecule has 0 bridgehead atoms. The van der Waals surface area contributed by atoms with Crippen LogP contribution in [0.3, 0.4) is 0 Å². The van der Waals surface area contributed by atoms with E-state index in [2.05, 4.69) is 4.98 Å². The number of carbonyl (C=O) groups excluding carboxylic acids is 1. The Morgan fingerprint density at radius 2 is 1.86 bits per heavy atom. The van der Waals surface area contributed by atoms with Crippen LogP contribution in [0.15, 0.2) is 53.4 Å². The highest BCUT2D eigenvalue weighted by molar-refractivity contribution is 7.89. The summed E-state index contributed by atoms with van der Waals surface area (Å²) in [4.78, 5) is 19.5. The van der Waals surface area contributed by atoms with E-state index in [4.69, 9.17) is 0 Å². The van der Waals surface area contributed by atoms with Crippen LogP contribution < -0.4 is 0 Å². The van der Waals surface area contributed by atoms with Gasteiger partial charge in [-0.15, -0.1) is 11.3 Å². The molecule has 4 rings (SSSR count). The van der Waals surface area contributed by atoms with Crippen molar-refractivity contribution in [3.8, 4) is 0 Å². The topological polar surface area (TPSA) is 70.6 Å². The molecule has 1 atom stereocenters. The number of rotatable bonds is 5. The van der Waals surface area contributed by atoms with Crippen LogP contribution in [0.1, 0.15) is 41.2 Å². The van der Waals surface area contributed by atoms with Gasteiger partial charge in [-0.2, -0.15) is 4.31 Å². The first kappa shape index (κ1) is 20.0. The van der Waals surface area contributed by atoms with E-state index >= 15 is 0 Å². The van der Waals surface area contributed by atoms with E-state index in [9.17, 15) is 13.2 Å². The summed E-state index contributed by atoms with van der Waals surface area (Å²) < 4.78 is 28.2. The molecule has 8 heteroatoms. The molecule has 1 aliphatic heterocycles. The number of sulfonamides is 1. The zero-order valence-electron chi connectivity index (χ0n) is 16.4. The number of nitrogens with zero attached hydrogens (tertiary/aromatic N) is 3. The molecular formula is C21H23N3O3S2. The molecule has 1 amide bonds. The third-order valence-electron chi connectivity index (χ3n) is 5.35. The highest BCUT2D eigenvalue weighted by Crippen LogP contribution is 2.30. The Kier molecular flexibility index (Phi) is 5.42. The molecule has 0 spiro atoms. The predicted octanol–water partition coefficient (Wildman–Crippen LogP) is 3.91. The van der Waals surface area contributed by atoms with Crippen molar-refractivity contribution < 1.29 is 13.2 Å². The molecule has 6 nitrogen and oxygen atoms in total. The summed E-state index contributed by atoms with van der Waals surface area (Å²) in [5.74, 6) is -0.227. The zero-order valence-corrected chi connectivity index (χ0v) is 18.0. The fourth-order valence-electron chi connectivity index (χ4n) is 3.48. The van der Waals surface area contributed by atoms with Gasteiger partial charge < -0.3 is 4.90 Å². The summed E-state index contributed by atoms with van der Waals surface area (Å²) in [6.45, 7) is 3.00. The number of aromatic nitrogens is 1. The number of carbonyl (C=O) groups is 1. The fraction of sp³-hybridized carbons (Fsp3) is 0.333. The second-order valence-electron chi connectivity index (χ2n) is 7.25. The minimum absolute atomic E-state index is 0.172. The maximum absolute atomic E-state index is 13.1. The predicted molar refractivity (Wildman–Crippen MR) is 115 cm³/mol. The van der Waals surface area contributed by atoms with Crippen molar-refractivity contribution >= 4 is 37.5 Å². The average molecular weight is 430 g/mol. The Morgan fingerprint density at radius 1 is 1.14 bits per heavy atom. The third-order valence-corrected chi connectivity index (χ3v) is 8.45. The minimum atomic E-state index is -3.56. The van der Waals surface area contributed by atoms with Gasteiger partial charge in [-0.1, -0.05) is 18.2 Å². The summed E-state index contributed by atoms with van der Waals surface area (Å²) in [5, 5.41) is 0.850. The van der Waals surface area contributed by atoms with Gasteiger partial charge in [-0.05, 0) is 50.1 Å². The van der Waals surface area contributed by atoms with Crippen LogP contribution in [0.25, 0.3) is 10.2 Å². The summed E-state index contributed by atoms with van der Waals surface area (Å²) in [7, 11) is -1.83. The first-order chi connectivity index (χ1) is 13.9. The average Bonchev–Trinajstić information content (AvgIpc) is 3.42. The maximum atomic E-state index is 13.1. The van der Waals surface area contributed by atoms with Crippen molar-refractivity contribution in [2.75, 3.05) is 20.1 Å². The monoisotopic (exact) mass is 429 g/mol. The van der Waals surface area contributed by atoms with Crippen molar-refractivity contribution in [3.63, 3.8) is 0 Å². The quantitative estimate of drug-likeness (QED) is 0.616. The molecule has 152 valence electrons. The second-order valence-corrected chi connectivity index (χ2v) is 10.3. The normalized spacial score (nSPS) is 16.2. The number of hydrogen-bond donors (Lipinski definition) is 0. The highest BCUT2D eigenvalue weighted by Gasteiger charge is 2.28. The van der Waals surface area contributed by atoms with Gasteiger partial charge in [0.1, 0.15) is 5.01 Å². The summed E-state index contributed by atoms with van der Waals surface area (Å²) in [6.07, 6.45) is 1.75. The number of fused-ring (bicyclic) bond motifs is 1. The van der Waals surface area contributed by atoms with Crippen molar-refractivity contribution in [3.05, 3.63) is 59.1 Å². The molecule has 0 unspecified atom stereocenters. The van der Waals surface area contributed by atoms with Crippen LogP contribution in [0.5, 0.6) is 0 Å². The Morgan fingerprint density at radius 3 is 2.59 bits per heavy atom. The Hall–Kier alpha value is -2.29. The molecule has 0 saturated carbocycles. The first-order valence-electron chi connectivity index (χ1n) is 9.61. The van der Waals surface area contributed by atoms with Gasteiger partial charge in [0.05, 0.1) is 21.2 Å². The SMILES string of the molecule is C[C@H](c1nc2ccccc2s1)N(C)C(=O)c1cccc(S(=O)(=O)N2CCCC2)c1. The zero-order chi connectivity index (χ0) is 20.6. The molecule has 2 aromatic carbocycles. The highest BCUT2D eigenvalue weighted by atomic mass is 32.2. The van der Waals surface area contributed by atoms with E-state index < -0.39 is 10.0 Å². The number of benzene rings is 2. The molecule has 3 aromatic rings. The fourth-order valence-corrected chi connectivity index (χ4v) is 6.11.